The smallest absolute Gasteiger partial charge is 0.223 e. The third kappa shape index (κ3) is 2.00. The molecule has 0 saturated carbocycles. The number of allylic oxidation sites excluding steroid dienone is 3. The molecule has 0 unspecified atom stereocenters. The van der Waals surface area contributed by atoms with Crippen LogP contribution in [0.1, 0.15) is 39.0 Å². The standard InChI is InChI=1S/C16H19N3O3/c1-10(20)19-7-5-16(6-8-19)11-3-2-4-12(21)14(11)22-13(9-17)15(16)18/h2-8,18H2,1H3. The second kappa shape index (κ2) is 5.16. The number of carbonyl (C=O) groups is 2. The Morgan fingerprint density at radius 3 is 2.64 bits per heavy atom. The van der Waals surface area contributed by atoms with Gasteiger partial charge in [0.2, 0.25) is 11.7 Å². The van der Waals surface area contributed by atoms with Crippen molar-refractivity contribution >= 4 is 11.7 Å². The summed E-state index contributed by atoms with van der Waals surface area (Å²) in [5.74, 6) is 0.368. The Hall–Kier alpha value is -2.29. The van der Waals surface area contributed by atoms with Crippen LogP contribution in [-0.4, -0.2) is 29.7 Å². The Morgan fingerprint density at radius 2 is 2.05 bits per heavy atom. The van der Waals surface area contributed by atoms with Gasteiger partial charge in [0.15, 0.2) is 11.5 Å². The fourth-order valence-electron chi connectivity index (χ4n) is 3.79. The molecule has 3 aliphatic rings. The van der Waals surface area contributed by atoms with Crippen LogP contribution in [0.4, 0.5) is 0 Å². The first-order valence-electron chi connectivity index (χ1n) is 7.60. The van der Waals surface area contributed by atoms with E-state index >= 15 is 0 Å². The highest BCUT2D eigenvalue weighted by Crippen LogP contribution is 2.51. The molecule has 0 radical (unpaired) electrons. The summed E-state index contributed by atoms with van der Waals surface area (Å²) in [5.41, 5.74) is 7.11. The molecule has 1 fully saturated rings. The Morgan fingerprint density at radius 1 is 1.36 bits per heavy atom. The van der Waals surface area contributed by atoms with Gasteiger partial charge < -0.3 is 15.4 Å². The zero-order valence-electron chi connectivity index (χ0n) is 12.6. The molecule has 0 atom stereocenters. The van der Waals surface area contributed by atoms with Gasteiger partial charge in [-0.25, -0.2) is 0 Å². The molecule has 116 valence electrons. The molecular weight excluding hydrogens is 282 g/mol. The summed E-state index contributed by atoms with van der Waals surface area (Å²) in [5, 5.41) is 9.28. The molecule has 2 aliphatic heterocycles. The van der Waals surface area contributed by atoms with E-state index in [2.05, 4.69) is 0 Å². The normalized spacial score (nSPS) is 24.0. The van der Waals surface area contributed by atoms with Gasteiger partial charge in [0.25, 0.3) is 0 Å². The zero-order valence-corrected chi connectivity index (χ0v) is 12.6. The number of ether oxygens (including phenoxy) is 1. The number of piperidine rings is 1. The van der Waals surface area contributed by atoms with Crippen LogP contribution in [0, 0.1) is 16.7 Å². The molecule has 3 rings (SSSR count). The van der Waals surface area contributed by atoms with Crippen molar-refractivity contribution in [2.75, 3.05) is 13.1 Å². The Balaban J connectivity index is 2.04. The first-order chi connectivity index (χ1) is 10.5. The summed E-state index contributed by atoms with van der Waals surface area (Å²) in [6.07, 6.45) is 3.28. The summed E-state index contributed by atoms with van der Waals surface area (Å²) in [4.78, 5) is 25.5. The van der Waals surface area contributed by atoms with Crippen molar-refractivity contribution in [2.24, 2.45) is 11.1 Å². The quantitative estimate of drug-likeness (QED) is 0.728. The van der Waals surface area contributed by atoms with E-state index in [4.69, 9.17) is 10.5 Å². The second-order valence-electron chi connectivity index (χ2n) is 6.13. The number of fused-ring (bicyclic) bond motifs is 1. The highest BCUT2D eigenvalue weighted by molar-refractivity contribution is 5.96. The first kappa shape index (κ1) is 14.6. The van der Waals surface area contributed by atoms with Crippen LogP contribution in [0.15, 0.2) is 22.8 Å². The number of hydrogen-bond donors (Lipinski definition) is 1. The zero-order chi connectivity index (χ0) is 15.9. The number of nitrogens with zero attached hydrogens (tertiary/aromatic N) is 2. The van der Waals surface area contributed by atoms with Gasteiger partial charge in [-0.3, -0.25) is 9.59 Å². The SMILES string of the molecule is CC(=O)N1CCC2(CC1)C(N)=C(C#N)OC1=C2CCCC1=O. The van der Waals surface area contributed by atoms with Crippen LogP contribution >= 0.6 is 0 Å². The topological polar surface area (TPSA) is 96.4 Å². The number of likely N-dealkylation sites (tertiary alicyclic amines) is 1. The average Bonchev–Trinajstić information content (AvgIpc) is 2.52. The molecule has 2 heterocycles. The Labute approximate surface area is 129 Å². The highest BCUT2D eigenvalue weighted by Gasteiger charge is 2.48. The number of carbonyl (C=O) groups excluding carboxylic acids is 2. The Kier molecular flexibility index (Phi) is 3.44. The average molecular weight is 301 g/mol. The molecule has 0 aromatic carbocycles. The first-order valence-corrected chi connectivity index (χ1v) is 7.60. The third-order valence-corrected chi connectivity index (χ3v) is 5.06. The van der Waals surface area contributed by atoms with Crippen molar-refractivity contribution in [2.45, 2.75) is 39.0 Å². The Bertz CT molecular complexity index is 646. The van der Waals surface area contributed by atoms with Gasteiger partial charge in [0.05, 0.1) is 5.70 Å². The van der Waals surface area contributed by atoms with Gasteiger partial charge in [0, 0.05) is 31.8 Å². The van der Waals surface area contributed by atoms with E-state index in [1.165, 1.54) is 0 Å². The maximum atomic E-state index is 12.2. The fourth-order valence-corrected chi connectivity index (χ4v) is 3.79. The van der Waals surface area contributed by atoms with E-state index in [0.717, 1.165) is 18.4 Å². The molecule has 2 N–H and O–H groups in total. The van der Waals surface area contributed by atoms with Gasteiger partial charge >= 0.3 is 0 Å². The van der Waals surface area contributed by atoms with Crippen molar-refractivity contribution in [3.8, 4) is 6.07 Å². The van der Waals surface area contributed by atoms with Crippen LogP contribution in [0.3, 0.4) is 0 Å². The number of Topliss-reactive ketones (excluding diaryl/α,β-unsaturated/α-hetero) is 1. The van der Waals surface area contributed by atoms with Gasteiger partial charge in [-0.05, 0) is 31.3 Å². The van der Waals surface area contributed by atoms with Gasteiger partial charge in [-0.2, -0.15) is 5.26 Å². The predicted octanol–water partition coefficient (Wildman–Crippen LogP) is 1.35. The third-order valence-electron chi connectivity index (χ3n) is 5.06. The lowest BCUT2D eigenvalue weighted by Crippen LogP contribution is -2.48. The van der Waals surface area contributed by atoms with E-state index < -0.39 is 5.41 Å². The molecule has 1 spiro atoms. The molecule has 22 heavy (non-hydrogen) atoms. The second-order valence-corrected chi connectivity index (χ2v) is 6.13. The van der Waals surface area contributed by atoms with Crippen molar-refractivity contribution in [3.63, 3.8) is 0 Å². The minimum Gasteiger partial charge on any atom is -0.441 e. The van der Waals surface area contributed by atoms with E-state index in [0.29, 0.717) is 43.8 Å². The van der Waals surface area contributed by atoms with Crippen molar-refractivity contribution < 1.29 is 14.3 Å². The molecule has 1 amide bonds. The van der Waals surface area contributed by atoms with Crippen LogP contribution in [0.5, 0.6) is 0 Å². The molecule has 1 aliphatic carbocycles. The fraction of sp³-hybridized carbons (Fsp3) is 0.562. The lowest BCUT2D eigenvalue weighted by atomic mass is 9.65. The molecule has 0 bridgehead atoms. The number of ketones is 1. The summed E-state index contributed by atoms with van der Waals surface area (Å²) in [6.45, 7) is 2.72. The lowest BCUT2D eigenvalue weighted by molar-refractivity contribution is -0.130. The number of rotatable bonds is 0. The van der Waals surface area contributed by atoms with Crippen molar-refractivity contribution in [1.29, 1.82) is 5.26 Å². The van der Waals surface area contributed by atoms with Crippen LogP contribution in [-0.2, 0) is 14.3 Å². The maximum absolute atomic E-state index is 12.2. The maximum Gasteiger partial charge on any atom is 0.223 e. The van der Waals surface area contributed by atoms with Gasteiger partial charge in [-0.1, -0.05) is 0 Å². The number of nitrogens with two attached hydrogens (primary N) is 1. The molecular formula is C16H19N3O3. The van der Waals surface area contributed by atoms with E-state index in [-0.39, 0.29) is 17.4 Å². The monoisotopic (exact) mass is 301 g/mol. The molecule has 6 heteroatoms. The molecule has 0 aromatic rings. The summed E-state index contributed by atoms with van der Waals surface area (Å²) in [6, 6.07) is 1.98. The lowest BCUT2D eigenvalue weighted by Gasteiger charge is -2.46. The van der Waals surface area contributed by atoms with Crippen LogP contribution in [0.25, 0.3) is 0 Å². The van der Waals surface area contributed by atoms with Crippen LogP contribution in [0.2, 0.25) is 0 Å². The van der Waals surface area contributed by atoms with E-state index in [9.17, 15) is 14.9 Å². The number of amides is 1. The number of nitriles is 1. The van der Waals surface area contributed by atoms with Crippen molar-refractivity contribution in [1.82, 2.24) is 4.90 Å². The minimum atomic E-state index is -0.499. The van der Waals surface area contributed by atoms with Gasteiger partial charge in [0.1, 0.15) is 6.07 Å². The van der Waals surface area contributed by atoms with E-state index in [1.807, 2.05) is 6.07 Å². The minimum absolute atomic E-state index is 0.0406. The summed E-state index contributed by atoms with van der Waals surface area (Å²) < 4.78 is 5.51. The van der Waals surface area contributed by atoms with Gasteiger partial charge in [-0.15, -0.1) is 0 Å². The largest absolute Gasteiger partial charge is 0.441 e. The summed E-state index contributed by atoms with van der Waals surface area (Å²) in [7, 11) is 0. The number of hydrogen-bond acceptors (Lipinski definition) is 5. The molecule has 1 saturated heterocycles. The van der Waals surface area contributed by atoms with Crippen molar-refractivity contribution in [3.05, 3.63) is 22.8 Å². The summed E-state index contributed by atoms with van der Waals surface area (Å²) >= 11 is 0. The highest BCUT2D eigenvalue weighted by atomic mass is 16.5. The molecule has 6 nitrogen and oxygen atoms in total. The predicted molar refractivity (Wildman–Crippen MR) is 77.7 cm³/mol. The van der Waals surface area contributed by atoms with Crippen LogP contribution < -0.4 is 5.73 Å². The van der Waals surface area contributed by atoms with E-state index in [1.54, 1.807) is 11.8 Å². The molecule has 0 aromatic heterocycles.